The number of carbonyl (C=O) groups excluding carboxylic acids is 1. The minimum Gasteiger partial charge on any atom is -0.328 e. The summed E-state index contributed by atoms with van der Waals surface area (Å²) in [7, 11) is 0. The van der Waals surface area contributed by atoms with Crippen molar-refractivity contribution in [2.24, 2.45) is 0 Å². The SMILES string of the molecule is O=C(Nc1cccc(-c2cn3c(n2)SCC3)c1)c1ccc[nH]c1=O. The van der Waals surface area contributed by atoms with Crippen molar-refractivity contribution in [2.75, 3.05) is 11.1 Å². The molecule has 1 aliphatic heterocycles. The molecule has 0 atom stereocenters. The molecule has 2 N–H and O–H groups in total. The average Bonchev–Trinajstić information content (AvgIpc) is 3.17. The monoisotopic (exact) mass is 338 g/mol. The third-order valence-electron chi connectivity index (χ3n) is 3.78. The molecule has 0 saturated carbocycles. The Morgan fingerprint density at radius 2 is 2.21 bits per heavy atom. The molecule has 1 aromatic carbocycles. The van der Waals surface area contributed by atoms with Crippen LogP contribution >= 0.6 is 11.8 Å². The molecule has 3 aromatic rings. The number of hydrogen-bond acceptors (Lipinski definition) is 4. The molecule has 4 rings (SSSR count). The highest BCUT2D eigenvalue weighted by Crippen LogP contribution is 2.29. The number of aromatic amines is 1. The lowest BCUT2D eigenvalue weighted by Gasteiger charge is -2.06. The topological polar surface area (TPSA) is 79.8 Å². The number of hydrogen-bond donors (Lipinski definition) is 2. The summed E-state index contributed by atoms with van der Waals surface area (Å²) in [6.45, 7) is 0.972. The number of carbonyl (C=O) groups is 1. The molecule has 1 aliphatic rings. The smallest absolute Gasteiger partial charge is 0.261 e. The van der Waals surface area contributed by atoms with E-state index in [-0.39, 0.29) is 5.56 Å². The van der Waals surface area contributed by atoms with Gasteiger partial charge in [-0.25, -0.2) is 4.98 Å². The van der Waals surface area contributed by atoms with Crippen molar-refractivity contribution in [2.45, 2.75) is 11.7 Å². The van der Waals surface area contributed by atoms with E-state index in [2.05, 4.69) is 19.9 Å². The fourth-order valence-electron chi connectivity index (χ4n) is 2.60. The van der Waals surface area contributed by atoms with Crippen LogP contribution in [0, 0.1) is 0 Å². The minimum atomic E-state index is -0.433. The Bertz CT molecular complexity index is 955. The maximum Gasteiger partial charge on any atom is 0.261 e. The normalized spacial score (nSPS) is 12.8. The Labute approximate surface area is 141 Å². The van der Waals surface area contributed by atoms with E-state index in [0.29, 0.717) is 5.69 Å². The number of thioether (sulfide) groups is 1. The second-order valence-corrected chi connectivity index (χ2v) is 6.46. The average molecular weight is 338 g/mol. The Morgan fingerprint density at radius 1 is 1.29 bits per heavy atom. The third kappa shape index (κ3) is 2.74. The molecule has 0 bridgehead atoms. The van der Waals surface area contributed by atoms with Gasteiger partial charge in [-0.3, -0.25) is 9.59 Å². The van der Waals surface area contributed by atoms with Crippen molar-refractivity contribution < 1.29 is 4.79 Å². The molecule has 120 valence electrons. The number of rotatable bonds is 3. The Kier molecular flexibility index (Phi) is 3.70. The number of fused-ring (bicyclic) bond motifs is 1. The number of nitrogens with zero attached hydrogens (tertiary/aromatic N) is 2. The second-order valence-electron chi connectivity index (χ2n) is 5.40. The van der Waals surface area contributed by atoms with Gasteiger partial charge in [0.05, 0.1) is 5.69 Å². The highest BCUT2D eigenvalue weighted by Gasteiger charge is 2.16. The van der Waals surface area contributed by atoms with Gasteiger partial charge >= 0.3 is 0 Å². The quantitative estimate of drug-likeness (QED) is 0.769. The van der Waals surface area contributed by atoms with Gasteiger partial charge in [0, 0.05) is 35.9 Å². The number of benzene rings is 1. The van der Waals surface area contributed by atoms with Crippen LogP contribution in [-0.4, -0.2) is 26.2 Å². The van der Waals surface area contributed by atoms with Crippen LogP contribution in [0.25, 0.3) is 11.3 Å². The zero-order valence-corrected chi connectivity index (χ0v) is 13.5. The van der Waals surface area contributed by atoms with Gasteiger partial charge in [0.25, 0.3) is 11.5 Å². The number of anilines is 1. The van der Waals surface area contributed by atoms with E-state index in [4.69, 9.17) is 0 Å². The van der Waals surface area contributed by atoms with Crippen LogP contribution in [0.3, 0.4) is 0 Å². The zero-order chi connectivity index (χ0) is 16.5. The van der Waals surface area contributed by atoms with Crippen LogP contribution in [0.2, 0.25) is 0 Å². The Morgan fingerprint density at radius 3 is 3.04 bits per heavy atom. The summed E-state index contributed by atoms with van der Waals surface area (Å²) in [5, 5.41) is 3.78. The molecule has 6 nitrogen and oxygen atoms in total. The molecule has 0 fully saturated rings. The van der Waals surface area contributed by atoms with Crippen molar-refractivity contribution in [1.29, 1.82) is 0 Å². The van der Waals surface area contributed by atoms with Gasteiger partial charge in [-0.2, -0.15) is 0 Å². The maximum absolute atomic E-state index is 12.2. The van der Waals surface area contributed by atoms with E-state index in [1.807, 2.05) is 24.4 Å². The number of aryl methyl sites for hydroxylation is 1. The lowest BCUT2D eigenvalue weighted by molar-refractivity contribution is 0.102. The highest BCUT2D eigenvalue weighted by atomic mass is 32.2. The summed E-state index contributed by atoms with van der Waals surface area (Å²) >= 11 is 1.74. The molecule has 7 heteroatoms. The van der Waals surface area contributed by atoms with Crippen molar-refractivity contribution in [3.05, 3.63) is 64.7 Å². The molecule has 24 heavy (non-hydrogen) atoms. The van der Waals surface area contributed by atoms with Gasteiger partial charge in [0.2, 0.25) is 0 Å². The van der Waals surface area contributed by atoms with Crippen LogP contribution < -0.4 is 10.9 Å². The third-order valence-corrected chi connectivity index (χ3v) is 4.75. The van der Waals surface area contributed by atoms with Crippen LogP contribution in [0.5, 0.6) is 0 Å². The number of amides is 1. The van der Waals surface area contributed by atoms with Gasteiger partial charge in [-0.05, 0) is 24.3 Å². The van der Waals surface area contributed by atoms with Gasteiger partial charge < -0.3 is 14.9 Å². The van der Waals surface area contributed by atoms with Crippen molar-refractivity contribution in [3.63, 3.8) is 0 Å². The molecule has 0 aliphatic carbocycles. The first kappa shape index (κ1) is 14.8. The van der Waals surface area contributed by atoms with Crippen molar-refractivity contribution in [1.82, 2.24) is 14.5 Å². The van der Waals surface area contributed by atoms with E-state index in [9.17, 15) is 9.59 Å². The first-order chi connectivity index (χ1) is 11.7. The number of aromatic nitrogens is 3. The molecular weight excluding hydrogens is 324 g/mol. The predicted molar refractivity (Wildman–Crippen MR) is 93.4 cm³/mol. The minimum absolute atomic E-state index is 0.0836. The summed E-state index contributed by atoms with van der Waals surface area (Å²) in [6, 6.07) is 10.6. The van der Waals surface area contributed by atoms with Crippen LogP contribution in [0.1, 0.15) is 10.4 Å². The molecule has 1 amide bonds. The number of nitrogens with one attached hydrogen (secondary N) is 2. The molecule has 3 heterocycles. The summed E-state index contributed by atoms with van der Waals surface area (Å²) in [6.07, 6.45) is 3.52. The van der Waals surface area contributed by atoms with Gasteiger partial charge in [-0.15, -0.1) is 0 Å². The number of H-pyrrole nitrogens is 1. The summed E-state index contributed by atoms with van der Waals surface area (Å²) in [4.78, 5) is 31.0. The van der Waals surface area contributed by atoms with Gasteiger partial charge in [0.1, 0.15) is 5.56 Å². The number of pyridine rings is 1. The van der Waals surface area contributed by atoms with Gasteiger partial charge in [-0.1, -0.05) is 23.9 Å². The molecule has 0 radical (unpaired) electrons. The van der Waals surface area contributed by atoms with Crippen LogP contribution in [-0.2, 0) is 6.54 Å². The lowest BCUT2D eigenvalue weighted by atomic mass is 10.1. The maximum atomic E-state index is 12.2. The Balaban J connectivity index is 1.59. The van der Waals surface area contributed by atoms with Crippen molar-refractivity contribution >= 4 is 23.4 Å². The fourth-order valence-corrected chi connectivity index (χ4v) is 3.55. The first-order valence-electron chi connectivity index (χ1n) is 7.50. The standard InChI is InChI=1S/C17H14N4O2S/c22-15-13(5-2-6-18-15)16(23)19-12-4-1-3-11(9-12)14-10-21-7-8-24-17(21)20-14/h1-6,9-10H,7-8H2,(H,18,22)(H,19,23). The summed E-state index contributed by atoms with van der Waals surface area (Å²) < 4.78 is 2.13. The van der Waals surface area contributed by atoms with Gasteiger partial charge in [0.15, 0.2) is 5.16 Å². The molecule has 0 unspecified atom stereocenters. The summed E-state index contributed by atoms with van der Waals surface area (Å²) in [5.41, 5.74) is 2.11. The summed E-state index contributed by atoms with van der Waals surface area (Å²) in [5.74, 6) is 0.626. The van der Waals surface area contributed by atoms with Crippen LogP contribution in [0.4, 0.5) is 5.69 Å². The lowest BCUT2D eigenvalue weighted by Crippen LogP contribution is -2.22. The zero-order valence-electron chi connectivity index (χ0n) is 12.7. The van der Waals surface area contributed by atoms with E-state index < -0.39 is 11.5 Å². The fraction of sp³-hybridized carbons (Fsp3) is 0.118. The first-order valence-corrected chi connectivity index (χ1v) is 8.49. The molecule has 0 spiro atoms. The second kappa shape index (κ2) is 6.01. The van der Waals surface area contributed by atoms with E-state index in [1.54, 1.807) is 23.9 Å². The van der Waals surface area contributed by atoms with E-state index in [0.717, 1.165) is 28.7 Å². The molecular formula is C17H14N4O2S. The van der Waals surface area contributed by atoms with Crippen LogP contribution in [0.15, 0.2) is 58.7 Å². The van der Waals surface area contributed by atoms with E-state index >= 15 is 0 Å². The largest absolute Gasteiger partial charge is 0.328 e. The van der Waals surface area contributed by atoms with Crippen molar-refractivity contribution in [3.8, 4) is 11.3 Å². The molecule has 2 aromatic heterocycles. The highest BCUT2D eigenvalue weighted by molar-refractivity contribution is 7.99. The number of imidazole rings is 1. The Hall–Kier alpha value is -2.80. The predicted octanol–water partition coefficient (Wildman–Crippen LogP) is 2.60. The van der Waals surface area contributed by atoms with E-state index in [1.165, 1.54) is 12.3 Å². The molecule has 0 saturated heterocycles.